The van der Waals surface area contributed by atoms with Gasteiger partial charge in [0.25, 0.3) is 0 Å². The Balaban J connectivity index is 1.48. The van der Waals surface area contributed by atoms with Gasteiger partial charge in [-0.15, -0.1) is 0 Å². The molecular formula is C24H23F3N6O2S. The number of nitrogens with zero attached hydrogens (tertiary/aromatic N) is 3. The van der Waals surface area contributed by atoms with E-state index in [-0.39, 0.29) is 41.1 Å². The predicted octanol–water partition coefficient (Wildman–Crippen LogP) is 4.11. The molecule has 36 heavy (non-hydrogen) atoms. The molecule has 0 unspecified atom stereocenters. The van der Waals surface area contributed by atoms with E-state index in [2.05, 4.69) is 37.4 Å². The van der Waals surface area contributed by atoms with E-state index in [1.165, 1.54) is 12.1 Å². The monoisotopic (exact) mass is 516 g/mol. The molecule has 1 atom stereocenters. The first kappa shape index (κ1) is 24.3. The van der Waals surface area contributed by atoms with Crippen molar-refractivity contribution in [2.75, 3.05) is 10.6 Å². The van der Waals surface area contributed by atoms with Crippen LogP contribution >= 0.6 is 0 Å². The largest absolute Gasteiger partial charge is 0.411 e. The molecule has 0 amide bonds. The van der Waals surface area contributed by atoms with Gasteiger partial charge in [0.05, 0.1) is 16.5 Å². The third-order valence-electron chi connectivity index (χ3n) is 6.23. The molecule has 2 aliphatic rings. The predicted molar refractivity (Wildman–Crippen MR) is 128 cm³/mol. The maximum atomic E-state index is 13.7. The quantitative estimate of drug-likeness (QED) is 0.421. The average Bonchev–Trinajstić information content (AvgIpc) is 3.73. The molecule has 4 N–H and O–H groups in total. The Morgan fingerprint density at radius 2 is 1.78 bits per heavy atom. The van der Waals surface area contributed by atoms with Crippen LogP contribution in [0.25, 0.3) is 11.0 Å². The minimum Gasteiger partial charge on any atom is -0.354 e. The lowest BCUT2D eigenvalue weighted by Gasteiger charge is -2.22. The maximum Gasteiger partial charge on any atom is 0.411 e. The fourth-order valence-electron chi connectivity index (χ4n) is 3.69. The molecule has 0 aliphatic heterocycles. The van der Waals surface area contributed by atoms with Crippen LogP contribution in [0.15, 0.2) is 41.3 Å². The van der Waals surface area contributed by atoms with Gasteiger partial charge in [0.2, 0.25) is 16.0 Å². The first-order valence-corrected chi connectivity index (χ1v) is 12.9. The number of benzene rings is 1. The number of nitrogens with two attached hydrogens (primary N) is 1. The zero-order valence-corrected chi connectivity index (χ0v) is 20.0. The van der Waals surface area contributed by atoms with E-state index < -0.39 is 21.7 Å². The number of alkyl halides is 3. The number of sulfonamides is 1. The van der Waals surface area contributed by atoms with Crippen molar-refractivity contribution >= 4 is 32.8 Å². The van der Waals surface area contributed by atoms with E-state index >= 15 is 0 Å². The SMILES string of the molecule is C[C@@H](Nc1nc(NC2(C(F)(F)F)CC2)c2nc(C#CC3CC3)ccc2n1)c1ccc(S(N)(=O)=O)cc1. The van der Waals surface area contributed by atoms with Crippen molar-refractivity contribution in [3.8, 4) is 11.8 Å². The molecule has 2 aromatic heterocycles. The maximum absolute atomic E-state index is 13.7. The highest BCUT2D eigenvalue weighted by Crippen LogP contribution is 2.51. The molecule has 2 saturated carbocycles. The minimum atomic E-state index is -4.44. The summed E-state index contributed by atoms with van der Waals surface area (Å²) in [6.45, 7) is 1.79. The summed E-state index contributed by atoms with van der Waals surface area (Å²) in [6, 6.07) is 8.90. The van der Waals surface area contributed by atoms with Crippen molar-refractivity contribution in [1.29, 1.82) is 0 Å². The van der Waals surface area contributed by atoms with Gasteiger partial charge >= 0.3 is 6.18 Å². The average molecular weight is 517 g/mol. The standard InChI is InChI=1S/C24H23F3N6O2S/c1-14(16-5-9-18(10-6-16)36(28,34)35)29-22-31-19-11-8-17(7-4-15-2-3-15)30-20(19)21(32-22)33-23(12-13-23)24(25,26)27/h5-6,8-11,14-15H,2-3,12-13H2,1H3,(H2,28,34,35)(H2,29,31,32,33)/t14-/m1/s1. The second-order valence-electron chi connectivity index (χ2n) is 9.19. The van der Waals surface area contributed by atoms with Crippen LogP contribution in [0.4, 0.5) is 24.9 Å². The van der Waals surface area contributed by atoms with Gasteiger partial charge in [0.15, 0.2) is 5.82 Å². The summed E-state index contributed by atoms with van der Waals surface area (Å²) in [5.41, 5.74) is -0.316. The van der Waals surface area contributed by atoms with Crippen LogP contribution in [-0.4, -0.2) is 35.1 Å². The Morgan fingerprint density at radius 1 is 1.08 bits per heavy atom. The molecule has 0 bridgehead atoms. The van der Waals surface area contributed by atoms with Gasteiger partial charge in [-0.2, -0.15) is 18.2 Å². The van der Waals surface area contributed by atoms with Gasteiger partial charge in [-0.05, 0) is 68.4 Å². The minimum absolute atomic E-state index is 0.0239. The lowest BCUT2D eigenvalue weighted by molar-refractivity contribution is -0.151. The summed E-state index contributed by atoms with van der Waals surface area (Å²) < 4.78 is 64.1. The van der Waals surface area contributed by atoms with Gasteiger partial charge in [0, 0.05) is 5.92 Å². The number of hydrogen-bond acceptors (Lipinski definition) is 7. The fourth-order valence-corrected chi connectivity index (χ4v) is 4.21. The van der Waals surface area contributed by atoms with Crippen LogP contribution < -0.4 is 15.8 Å². The van der Waals surface area contributed by atoms with Crippen LogP contribution in [0.1, 0.15) is 49.9 Å². The molecule has 0 spiro atoms. The van der Waals surface area contributed by atoms with Gasteiger partial charge < -0.3 is 10.6 Å². The van der Waals surface area contributed by atoms with E-state index in [4.69, 9.17) is 5.14 Å². The molecule has 12 heteroatoms. The third-order valence-corrected chi connectivity index (χ3v) is 7.16. The lowest BCUT2D eigenvalue weighted by Crippen LogP contribution is -2.39. The molecule has 2 fully saturated rings. The van der Waals surface area contributed by atoms with Gasteiger partial charge in [-0.25, -0.2) is 23.5 Å². The van der Waals surface area contributed by atoms with E-state index in [1.54, 1.807) is 31.2 Å². The Kier molecular flexibility index (Phi) is 5.80. The Morgan fingerprint density at radius 3 is 2.36 bits per heavy atom. The second kappa shape index (κ2) is 8.60. The first-order chi connectivity index (χ1) is 16.9. The van der Waals surface area contributed by atoms with E-state index in [9.17, 15) is 21.6 Å². The summed E-state index contributed by atoms with van der Waals surface area (Å²) in [5, 5.41) is 10.8. The summed E-state index contributed by atoms with van der Waals surface area (Å²) in [7, 11) is -3.83. The highest BCUT2D eigenvalue weighted by atomic mass is 32.2. The molecule has 5 rings (SSSR count). The van der Waals surface area contributed by atoms with Crippen molar-refractivity contribution in [3.05, 3.63) is 47.7 Å². The summed E-state index contributed by atoms with van der Waals surface area (Å²) in [6.07, 6.45) is -2.47. The van der Waals surface area contributed by atoms with Crippen molar-refractivity contribution < 1.29 is 21.6 Å². The molecule has 8 nitrogen and oxygen atoms in total. The number of anilines is 2. The van der Waals surface area contributed by atoms with E-state index in [0.717, 1.165) is 12.8 Å². The van der Waals surface area contributed by atoms with Crippen molar-refractivity contribution in [1.82, 2.24) is 15.0 Å². The molecule has 188 valence electrons. The summed E-state index contributed by atoms with van der Waals surface area (Å²) >= 11 is 0. The fraction of sp³-hybridized carbons (Fsp3) is 0.375. The van der Waals surface area contributed by atoms with Gasteiger partial charge in [-0.3, -0.25) is 0 Å². The number of pyridine rings is 1. The second-order valence-corrected chi connectivity index (χ2v) is 10.8. The van der Waals surface area contributed by atoms with E-state index in [1.807, 2.05) is 0 Å². The highest BCUT2D eigenvalue weighted by Gasteiger charge is 2.64. The topological polar surface area (TPSA) is 123 Å². The van der Waals surface area contributed by atoms with Crippen LogP contribution in [-0.2, 0) is 10.0 Å². The van der Waals surface area contributed by atoms with Gasteiger partial charge in [-0.1, -0.05) is 18.1 Å². The van der Waals surface area contributed by atoms with Crippen LogP contribution in [0.5, 0.6) is 0 Å². The van der Waals surface area contributed by atoms with E-state index in [0.29, 0.717) is 22.7 Å². The van der Waals surface area contributed by atoms with Crippen LogP contribution in [0.2, 0.25) is 0 Å². The van der Waals surface area contributed by atoms with Crippen LogP contribution in [0.3, 0.4) is 0 Å². The van der Waals surface area contributed by atoms with Crippen molar-refractivity contribution in [2.45, 2.75) is 55.3 Å². The molecule has 2 heterocycles. The number of nitrogens with one attached hydrogen (secondary N) is 2. The highest BCUT2D eigenvalue weighted by molar-refractivity contribution is 7.89. The smallest absolute Gasteiger partial charge is 0.354 e. The number of fused-ring (bicyclic) bond motifs is 1. The van der Waals surface area contributed by atoms with Gasteiger partial charge in [0.1, 0.15) is 16.7 Å². The first-order valence-electron chi connectivity index (χ1n) is 11.4. The zero-order valence-electron chi connectivity index (χ0n) is 19.2. The number of primary sulfonamides is 1. The summed E-state index contributed by atoms with van der Waals surface area (Å²) in [5.74, 6) is 6.51. The number of aromatic nitrogens is 3. The normalized spacial score (nSPS) is 17.7. The Labute approximate surface area is 206 Å². The molecule has 1 aromatic carbocycles. The lowest BCUT2D eigenvalue weighted by atomic mass is 10.1. The molecular weight excluding hydrogens is 493 g/mol. The molecule has 2 aliphatic carbocycles. The molecule has 3 aromatic rings. The Hall–Kier alpha value is -3.43. The number of hydrogen-bond donors (Lipinski definition) is 3. The molecule has 0 radical (unpaired) electrons. The third kappa shape index (κ3) is 5.08. The van der Waals surface area contributed by atoms with Crippen molar-refractivity contribution in [3.63, 3.8) is 0 Å². The zero-order chi connectivity index (χ0) is 25.7. The van der Waals surface area contributed by atoms with Crippen LogP contribution in [0, 0.1) is 17.8 Å². The molecule has 0 saturated heterocycles. The Bertz CT molecular complexity index is 1490. The summed E-state index contributed by atoms with van der Waals surface area (Å²) in [4.78, 5) is 13.2. The number of rotatable bonds is 6. The van der Waals surface area contributed by atoms with Crippen molar-refractivity contribution in [2.24, 2.45) is 11.1 Å². The number of halogens is 3.